The second kappa shape index (κ2) is 9.79. The molecule has 2 aromatic carbocycles. The maximum absolute atomic E-state index is 12.4. The minimum Gasteiger partial charge on any atom is -0.489 e. The van der Waals surface area contributed by atoms with Crippen LogP contribution in [-0.4, -0.2) is 31.8 Å². The van der Waals surface area contributed by atoms with Crippen LogP contribution in [0, 0.1) is 0 Å². The van der Waals surface area contributed by atoms with Gasteiger partial charge >= 0.3 is 0 Å². The van der Waals surface area contributed by atoms with Gasteiger partial charge in [0.05, 0.1) is 11.8 Å². The summed E-state index contributed by atoms with van der Waals surface area (Å²) in [4.78, 5) is 12.4. The van der Waals surface area contributed by atoms with Crippen LogP contribution in [0.5, 0.6) is 11.5 Å². The zero-order chi connectivity index (χ0) is 20.7. The molecule has 0 aliphatic carbocycles. The third kappa shape index (κ3) is 6.50. The largest absolute Gasteiger partial charge is 0.489 e. The van der Waals surface area contributed by atoms with Gasteiger partial charge in [-0.15, -0.1) is 0 Å². The highest BCUT2D eigenvalue weighted by Crippen LogP contribution is 2.26. The molecule has 0 bridgehead atoms. The Balaban J connectivity index is 1.51. The van der Waals surface area contributed by atoms with Crippen molar-refractivity contribution in [2.75, 3.05) is 25.1 Å². The molecule has 1 unspecified atom stereocenters. The minimum absolute atomic E-state index is 0.0606. The summed E-state index contributed by atoms with van der Waals surface area (Å²) in [6.07, 6.45) is 3.41. The van der Waals surface area contributed by atoms with Crippen molar-refractivity contribution in [2.45, 2.75) is 51.6 Å². The lowest BCUT2D eigenvalue weighted by molar-refractivity contribution is -0.118. The quantitative estimate of drug-likeness (QED) is 0.718. The highest BCUT2D eigenvalue weighted by atomic mass is 16.5. The van der Waals surface area contributed by atoms with E-state index in [-0.39, 0.29) is 24.0 Å². The molecule has 0 radical (unpaired) electrons. The molecule has 29 heavy (non-hydrogen) atoms. The Hall–Kier alpha value is -2.53. The van der Waals surface area contributed by atoms with E-state index in [4.69, 9.17) is 14.2 Å². The van der Waals surface area contributed by atoms with Crippen LogP contribution in [0.3, 0.4) is 0 Å². The van der Waals surface area contributed by atoms with E-state index in [9.17, 15) is 4.79 Å². The fourth-order valence-corrected chi connectivity index (χ4v) is 3.20. The standard InChI is InChI=1S/C24H31NO4/c1-24(2,3)18-11-13-19(14-12-18)28-17-23(26)25-21-9-4-5-10-22(21)29-16-20-8-6-7-15-27-20/h4-5,9-14,20H,6-8,15-17H2,1-3H3,(H,25,26). The second-order valence-corrected chi connectivity index (χ2v) is 8.41. The van der Waals surface area contributed by atoms with Gasteiger partial charge in [0.1, 0.15) is 18.1 Å². The fourth-order valence-electron chi connectivity index (χ4n) is 3.20. The maximum atomic E-state index is 12.4. The number of ether oxygens (including phenoxy) is 3. The summed E-state index contributed by atoms with van der Waals surface area (Å²) in [5, 5.41) is 2.87. The molecule has 0 aromatic heterocycles. The number of hydrogen-bond donors (Lipinski definition) is 1. The van der Waals surface area contributed by atoms with Gasteiger partial charge in [-0.2, -0.15) is 0 Å². The number of nitrogens with one attached hydrogen (secondary N) is 1. The van der Waals surface area contributed by atoms with Crippen LogP contribution in [0.15, 0.2) is 48.5 Å². The zero-order valence-corrected chi connectivity index (χ0v) is 17.6. The topological polar surface area (TPSA) is 56.8 Å². The first kappa shape index (κ1) is 21.2. The number of carbonyl (C=O) groups excluding carboxylic acids is 1. The van der Waals surface area contributed by atoms with Crippen molar-refractivity contribution < 1.29 is 19.0 Å². The summed E-state index contributed by atoms with van der Waals surface area (Å²) in [6.45, 7) is 7.71. The molecule has 0 spiro atoms. The highest BCUT2D eigenvalue weighted by Gasteiger charge is 2.16. The summed E-state index contributed by atoms with van der Waals surface area (Å²) in [7, 11) is 0. The first-order valence-corrected chi connectivity index (χ1v) is 10.3. The van der Waals surface area contributed by atoms with E-state index in [1.54, 1.807) is 0 Å². The number of benzene rings is 2. The molecule has 1 aliphatic rings. The van der Waals surface area contributed by atoms with Gasteiger partial charge in [0.15, 0.2) is 6.61 Å². The monoisotopic (exact) mass is 397 g/mol. The summed E-state index contributed by atoms with van der Waals surface area (Å²) in [5.74, 6) is 1.09. The number of amides is 1. The average molecular weight is 398 g/mol. The molecule has 1 N–H and O–H groups in total. The molecule has 1 saturated heterocycles. The fraction of sp³-hybridized carbons (Fsp3) is 0.458. The lowest BCUT2D eigenvalue weighted by atomic mass is 9.87. The Morgan fingerprint density at radius 2 is 1.83 bits per heavy atom. The normalized spacial score (nSPS) is 16.9. The van der Waals surface area contributed by atoms with E-state index in [2.05, 4.69) is 26.1 Å². The predicted octanol–water partition coefficient (Wildman–Crippen LogP) is 4.95. The smallest absolute Gasteiger partial charge is 0.262 e. The lowest BCUT2D eigenvalue weighted by Crippen LogP contribution is -2.26. The van der Waals surface area contributed by atoms with Gasteiger partial charge in [-0.3, -0.25) is 4.79 Å². The van der Waals surface area contributed by atoms with E-state index < -0.39 is 0 Å². The van der Waals surface area contributed by atoms with E-state index >= 15 is 0 Å². The number of carbonyl (C=O) groups is 1. The Bertz CT molecular complexity index is 789. The van der Waals surface area contributed by atoms with Crippen LogP contribution in [0.1, 0.15) is 45.6 Å². The van der Waals surface area contributed by atoms with Crippen LogP contribution in [0.2, 0.25) is 0 Å². The minimum atomic E-state index is -0.227. The van der Waals surface area contributed by atoms with Crippen molar-refractivity contribution in [3.8, 4) is 11.5 Å². The summed E-state index contributed by atoms with van der Waals surface area (Å²) >= 11 is 0. The zero-order valence-electron chi connectivity index (χ0n) is 17.6. The Morgan fingerprint density at radius 3 is 2.52 bits per heavy atom. The van der Waals surface area contributed by atoms with Crippen molar-refractivity contribution in [3.63, 3.8) is 0 Å². The Labute approximate surface area is 173 Å². The molecule has 1 fully saturated rings. The molecule has 0 saturated carbocycles. The first-order chi connectivity index (χ1) is 13.9. The van der Waals surface area contributed by atoms with E-state index in [0.717, 1.165) is 19.4 Å². The molecule has 1 heterocycles. The van der Waals surface area contributed by atoms with Crippen molar-refractivity contribution >= 4 is 11.6 Å². The van der Waals surface area contributed by atoms with Crippen molar-refractivity contribution in [1.29, 1.82) is 0 Å². The summed E-state index contributed by atoms with van der Waals surface area (Å²) in [5.41, 5.74) is 1.95. The van der Waals surface area contributed by atoms with Gasteiger partial charge in [-0.25, -0.2) is 0 Å². The molecule has 3 rings (SSSR count). The number of anilines is 1. The molecule has 1 atom stereocenters. The average Bonchev–Trinajstić information content (AvgIpc) is 2.72. The molecule has 1 amide bonds. The van der Waals surface area contributed by atoms with Gasteiger partial charge in [-0.05, 0) is 54.5 Å². The van der Waals surface area contributed by atoms with Gasteiger partial charge < -0.3 is 19.5 Å². The number of rotatable bonds is 7. The van der Waals surface area contributed by atoms with Crippen molar-refractivity contribution in [2.24, 2.45) is 0 Å². The van der Waals surface area contributed by atoms with Crippen LogP contribution in [0.25, 0.3) is 0 Å². The molecular weight excluding hydrogens is 366 g/mol. The van der Waals surface area contributed by atoms with E-state index in [0.29, 0.717) is 23.8 Å². The highest BCUT2D eigenvalue weighted by molar-refractivity contribution is 5.93. The van der Waals surface area contributed by atoms with Crippen LogP contribution >= 0.6 is 0 Å². The van der Waals surface area contributed by atoms with Crippen molar-refractivity contribution in [1.82, 2.24) is 0 Å². The Morgan fingerprint density at radius 1 is 1.07 bits per heavy atom. The maximum Gasteiger partial charge on any atom is 0.262 e. The second-order valence-electron chi connectivity index (χ2n) is 8.41. The SMILES string of the molecule is CC(C)(C)c1ccc(OCC(=O)Nc2ccccc2OCC2CCCCO2)cc1. The third-order valence-electron chi connectivity index (χ3n) is 4.95. The molecule has 5 nitrogen and oxygen atoms in total. The number of hydrogen-bond acceptors (Lipinski definition) is 4. The van der Waals surface area contributed by atoms with Crippen LogP contribution < -0.4 is 14.8 Å². The van der Waals surface area contributed by atoms with Gasteiger partial charge in [0.25, 0.3) is 5.91 Å². The summed E-state index contributed by atoms with van der Waals surface area (Å²) in [6, 6.07) is 15.3. The molecule has 156 valence electrons. The lowest BCUT2D eigenvalue weighted by Gasteiger charge is -2.23. The molecule has 2 aromatic rings. The predicted molar refractivity (Wildman–Crippen MR) is 115 cm³/mol. The van der Waals surface area contributed by atoms with E-state index in [1.165, 1.54) is 12.0 Å². The van der Waals surface area contributed by atoms with E-state index in [1.807, 2.05) is 48.5 Å². The van der Waals surface area contributed by atoms with Crippen LogP contribution in [0.4, 0.5) is 5.69 Å². The van der Waals surface area contributed by atoms with Gasteiger partial charge in [0, 0.05) is 6.61 Å². The third-order valence-corrected chi connectivity index (χ3v) is 4.95. The summed E-state index contributed by atoms with van der Waals surface area (Å²) < 4.78 is 17.2. The molecule has 5 heteroatoms. The van der Waals surface area contributed by atoms with Gasteiger partial charge in [0.2, 0.25) is 0 Å². The van der Waals surface area contributed by atoms with Crippen LogP contribution in [-0.2, 0) is 14.9 Å². The van der Waals surface area contributed by atoms with Crippen molar-refractivity contribution in [3.05, 3.63) is 54.1 Å². The first-order valence-electron chi connectivity index (χ1n) is 10.3. The molecule has 1 aliphatic heterocycles. The Kier molecular flexibility index (Phi) is 7.15. The van der Waals surface area contributed by atoms with Gasteiger partial charge in [-0.1, -0.05) is 45.0 Å². The molecular formula is C24H31NO4. The number of para-hydroxylation sites is 2.